The molecule has 0 amide bonds. The molecule has 0 heterocycles. The molecule has 2 rings (SSSR count). The molecule has 0 fully saturated rings. The van der Waals surface area contributed by atoms with Gasteiger partial charge in [-0.2, -0.15) is 0 Å². The summed E-state index contributed by atoms with van der Waals surface area (Å²) in [5.41, 5.74) is 3.03. The molecule has 1 aliphatic carbocycles. The van der Waals surface area contributed by atoms with Crippen LogP contribution in [-0.2, 0) is 11.2 Å². The van der Waals surface area contributed by atoms with E-state index in [4.69, 9.17) is 4.74 Å². The number of carbonyl (C=O) groups excluding carboxylic acids is 1. The van der Waals surface area contributed by atoms with Crippen molar-refractivity contribution >= 4 is 11.5 Å². The summed E-state index contributed by atoms with van der Waals surface area (Å²) in [7, 11) is 0. The lowest BCUT2D eigenvalue weighted by Crippen LogP contribution is -2.15. The molecule has 1 aromatic carbocycles. The van der Waals surface area contributed by atoms with Gasteiger partial charge in [0.1, 0.15) is 17.1 Å². The number of hydrogen-bond donors (Lipinski definition) is 2. The number of unbranched alkanes of at least 4 members (excludes halogenated alkanes) is 3. The molecule has 0 aromatic heterocycles. The summed E-state index contributed by atoms with van der Waals surface area (Å²) in [6, 6.07) is 1.63. The highest BCUT2D eigenvalue weighted by Crippen LogP contribution is 2.47. The maximum absolute atomic E-state index is 12.9. The minimum Gasteiger partial charge on any atom is -0.507 e. The Morgan fingerprint density at radius 2 is 1.90 bits per heavy atom. The van der Waals surface area contributed by atoms with Gasteiger partial charge in [-0.05, 0) is 55.7 Å². The number of phenolic OH excluding ortho intramolecular Hbond substituents is 2. The van der Waals surface area contributed by atoms with E-state index in [1.54, 1.807) is 6.07 Å². The van der Waals surface area contributed by atoms with Crippen molar-refractivity contribution in [3.05, 3.63) is 41.0 Å². The minimum atomic E-state index is -0.509. The molecule has 0 bridgehead atoms. The van der Waals surface area contributed by atoms with E-state index in [9.17, 15) is 15.0 Å². The molecule has 1 aromatic rings. The molecular formula is C26H38O4. The second-order valence-electron chi connectivity index (χ2n) is 8.68. The summed E-state index contributed by atoms with van der Waals surface area (Å²) in [5, 5.41) is 22.0. The van der Waals surface area contributed by atoms with Crippen molar-refractivity contribution in [2.75, 3.05) is 6.61 Å². The Labute approximate surface area is 181 Å². The number of hydrogen-bond acceptors (Lipinski definition) is 4. The van der Waals surface area contributed by atoms with Crippen LogP contribution in [0.4, 0.5) is 0 Å². The van der Waals surface area contributed by atoms with Gasteiger partial charge in [-0.25, -0.2) is 4.79 Å². The van der Waals surface area contributed by atoms with E-state index in [1.165, 1.54) is 0 Å². The van der Waals surface area contributed by atoms with Gasteiger partial charge in [0, 0.05) is 5.92 Å². The molecule has 0 spiro atoms. The van der Waals surface area contributed by atoms with Gasteiger partial charge in [-0.15, -0.1) is 0 Å². The summed E-state index contributed by atoms with van der Waals surface area (Å²) in [6.07, 6.45) is 9.48. The lowest BCUT2D eigenvalue weighted by molar-refractivity contribution is 0.0493. The van der Waals surface area contributed by atoms with Gasteiger partial charge < -0.3 is 14.9 Å². The molecule has 4 nitrogen and oxygen atoms in total. The summed E-state index contributed by atoms with van der Waals surface area (Å²) in [5.74, 6) is -0.276. The van der Waals surface area contributed by atoms with Gasteiger partial charge in [-0.3, -0.25) is 0 Å². The Balaban J connectivity index is 2.46. The lowest BCUT2D eigenvalue weighted by Gasteiger charge is -2.29. The molecule has 1 unspecified atom stereocenters. The zero-order valence-corrected chi connectivity index (χ0v) is 19.1. The number of allylic oxidation sites excluding steroid dienone is 3. The summed E-state index contributed by atoms with van der Waals surface area (Å²) in [4.78, 5) is 12.9. The average molecular weight is 415 g/mol. The van der Waals surface area contributed by atoms with Crippen LogP contribution in [-0.4, -0.2) is 22.8 Å². The first kappa shape index (κ1) is 24.0. The molecular weight excluding hydrogens is 376 g/mol. The molecule has 0 saturated heterocycles. The first-order valence-electron chi connectivity index (χ1n) is 11.4. The molecule has 30 heavy (non-hydrogen) atoms. The maximum atomic E-state index is 12.9. The van der Waals surface area contributed by atoms with E-state index < -0.39 is 5.97 Å². The SMILES string of the molecule is C=C(C)[C@H]1CCC(C)C=C1c1c(O)cc(CCC)c(C(=O)OCCCCCC)c1O. The Hall–Kier alpha value is -2.23. The van der Waals surface area contributed by atoms with Crippen LogP contribution in [0, 0.1) is 11.8 Å². The summed E-state index contributed by atoms with van der Waals surface area (Å²) in [6.45, 7) is 12.7. The van der Waals surface area contributed by atoms with E-state index in [-0.39, 0.29) is 23.0 Å². The number of phenols is 2. The lowest BCUT2D eigenvalue weighted by atomic mass is 9.76. The number of rotatable bonds is 10. The first-order valence-corrected chi connectivity index (χ1v) is 11.4. The smallest absolute Gasteiger partial charge is 0.342 e. The van der Waals surface area contributed by atoms with E-state index >= 15 is 0 Å². The standard InChI is InChI=1S/C26H38O4/c1-6-8-9-10-14-30-26(29)23-19(11-7-2)16-22(27)24(25(23)28)21-15-18(5)12-13-20(21)17(3)4/h15-16,18,20,27-28H,3,6-14H2,1-2,4-5H3/t18?,20-/m1/s1. The number of carbonyl (C=O) groups is 1. The Morgan fingerprint density at radius 1 is 1.17 bits per heavy atom. The van der Waals surface area contributed by atoms with Gasteiger partial charge in [0.25, 0.3) is 0 Å². The number of aromatic hydroxyl groups is 2. The summed E-state index contributed by atoms with van der Waals surface area (Å²) >= 11 is 0. The first-order chi connectivity index (χ1) is 14.3. The van der Waals surface area contributed by atoms with Crippen molar-refractivity contribution in [3.63, 3.8) is 0 Å². The molecule has 166 valence electrons. The highest BCUT2D eigenvalue weighted by molar-refractivity contribution is 5.97. The summed E-state index contributed by atoms with van der Waals surface area (Å²) < 4.78 is 5.50. The highest BCUT2D eigenvalue weighted by Gasteiger charge is 2.30. The van der Waals surface area contributed by atoms with Gasteiger partial charge in [0.2, 0.25) is 0 Å². The van der Waals surface area contributed by atoms with Crippen LogP contribution >= 0.6 is 0 Å². The van der Waals surface area contributed by atoms with Crippen LogP contribution < -0.4 is 0 Å². The Morgan fingerprint density at radius 3 is 2.53 bits per heavy atom. The molecule has 2 atom stereocenters. The van der Waals surface area contributed by atoms with Crippen LogP contribution in [0.3, 0.4) is 0 Å². The average Bonchev–Trinajstić information content (AvgIpc) is 2.67. The Kier molecular flexibility index (Phi) is 9.01. The second kappa shape index (κ2) is 11.2. The molecule has 0 aliphatic heterocycles. The van der Waals surface area contributed by atoms with E-state index in [0.717, 1.165) is 56.1 Å². The number of aryl methyl sites for hydroxylation is 1. The van der Waals surface area contributed by atoms with Gasteiger partial charge in [0.15, 0.2) is 0 Å². The van der Waals surface area contributed by atoms with Crippen molar-refractivity contribution < 1.29 is 19.7 Å². The third-order valence-electron chi connectivity index (χ3n) is 5.95. The topological polar surface area (TPSA) is 66.8 Å². The largest absolute Gasteiger partial charge is 0.507 e. The van der Waals surface area contributed by atoms with Crippen molar-refractivity contribution in [3.8, 4) is 11.5 Å². The van der Waals surface area contributed by atoms with Crippen LogP contribution in [0.5, 0.6) is 11.5 Å². The van der Waals surface area contributed by atoms with Gasteiger partial charge >= 0.3 is 5.97 Å². The predicted octanol–water partition coefficient (Wildman–Crippen LogP) is 6.79. The monoisotopic (exact) mass is 414 g/mol. The molecule has 0 radical (unpaired) electrons. The zero-order chi connectivity index (χ0) is 22.3. The predicted molar refractivity (Wildman–Crippen MR) is 123 cm³/mol. The van der Waals surface area contributed by atoms with E-state index in [1.807, 2.05) is 13.8 Å². The molecule has 1 aliphatic rings. The number of ether oxygens (including phenoxy) is 1. The maximum Gasteiger partial charge on any atom is 0.342 e. The van der Waals surface area contributed by atoms with Gasteiger partial charge in [-0.1, -0.05) is 64.7 Å². The minimum absolute atomic E-state index is 0.0158. The molecule has 4 heteroatoms. The fourth-order valence-electron chi connectivity index (χ4n) is 4.31. The van der Waals surface area contributed by atoms with Crippen molar-refractivity contribution in [1.82, 2.24) is 0 Å². The van der Waals surface area contributed by atoms with E-state index in [0.29, 0.717) is 30.1 Å². The number of benzene rings is 1. The molecule has 0 saturated carbocycles. The van der Waals surface area contributed by atoms with Gasteiger partial charge in [0.05, 0.1) is 12.2 Å². The molecule has 2 N–H and O–H groups in total. The fraction of sp³-hybridized carbons (Fsp3) is 0.577. The second-order valence-corrected chi connectivity index (χ2v) is 8.68. The van der Waals surface area contributed by atoms with Crippen LogP contribution in [0.1, 0.15) is 94.1 Å². The Bertz CT molecular complexity index is 791. The third-order valence-corrected chi connectivity index (χ3v) is 5.95. The van der Waals surface area contributed by atoms with Crippen LogP contribution in [0.15, 0.2) is 24.3 Å². The number of esters is 1. The zero-order valence-electron chi connectivity index (χ0n) is 19.1. The van der Waals surface area contributed by atoms with Crippen LogP contribution in [0.25, 0.3) is 5.57 Å². The quantitative estimate of drug-likeness (QED) is 0.251. The van der Waals surface area contributed by atoms with Crippen molar-refractivity contribution in [2.24, 2.45) is 11.8 Å². The van der Waals surface area contributed by atoms with Crippen LogP contribution in [0.2, 0.25) is 0 Å². The fourth-order valence-corrected chi connectivity index (χ4v) is 4.31. The van der Waals surface area contributed by atoms with Crippen molar-refractivity contribution in [1.29, 1.82) is 0 Å². The third kappa shape index (κ3) is 5.68. The van der Waals surface area contributed by atoms with E-state index in [2.05, 4.69) is 26.5 Å². The van der Waals surface area contributed by atoms with Crippen molar-refractivity contribution in [2.45, 2.75) is 79.1 Å². The highest BCUT2D eigenvalue weighted by atomic mass is 16.5. The normalized spacial score (nSPS) is 18.7.